The fraction of sp³-hybridized carbons (Fsp3) is 0.818. The zero-order valence-electron chi connectivity index (χ0n) is 9.21. The first-order valence-corrected chi connectivity index (χ1v) is 5.46. The molecule has 78 valence electrons. The number of hydrogen-bond donors (Lipinski definition) is 0. The molecule has 0 unspecified atom stereocenters. The highest BCUT2D eigenvalue weighted by Crippen LogP contribution is 2.52. The number of hydrogen-bond acceptors (Lipinski definition) is 2. The Labute approximate surface area is 85.2 Å². The quantitative estimate of drug-likeness (QED) is 0.655. The molecule has 0 aromatic rings. The molecule has 0 aromatic heterocycles. The molecule has 3 heteroatoms. The lowest BCUT2D eigenvalue weighted by Crippen LogP contribution is -2.27. The smallest absolute Gasteiger partial charge is 0.234 e. The van der Waals surface area contributed by atoms with Crippen molar-refractivity contribution in [3.63, 3.8) is 0 Å². The predicted octanol–water partition coefficient (Wildman–Crippen LogP) is 1.48. The van der Waals surface area contributed by atoms with E-state index in [1.54, 1.807) is 0 Å². The number of amides is 1. The first-order chi connectivity index (χ1) is 6.60. The summed E-state index contributed by atoms with van der Waals surface area (Å²) in [6.07, 6.45) is 2.04. The van der Waals surface area contributed by atoms with Crippen molar-refractivity contribution in [3.8, 4) is 0 Å². The molecule has 1 saturated heterocycles. The summed E-state index contributed by atoms with van der Waals surface area (Å²) in [6, 6.07) is 0.312. The molecule has 0 aromatic carbocycles. The summed E-state index contributed by atoms with van der Waals surface area (Å²) in [5.41, 5.74) is 1.000. The molecule has 2 fully saturated rings. The van der Waals surface area contributed by atoms with E-state index < -0.39 is 0 Å². The van der Waals surface area contributed by atoms with Gasteiger partial charge >= 0.3 is 0 Å². The molecule has 1 aliphatic heterocycles. The van der Waals surface area contributed by atoms with Crippen LogP contribution in [0.2, 0.25) is 0 Å². The molecule has 0 N–H and O–H groups in total. The first-order valence-electron chi connectivity index (χ1n) is 5.46. The van der Waals surface area contributed by atoms with Crippen molar-refractivity contribution in [1.29, 1.82) is 0 Å². The number of aliphatic imine (C=N–C) groups is 1. The highest BCUT2D eigenvalue weighted by molar-refractivity contribution is 6.17. The van der Waals surface area contributed by atoms with Gasteiger partial charge in [0, 0.05) is 18.3 Å². The Kier molecular flexibility index (Phi) is 2.13. The second kappa shape index (κ2) is 3.07. The van der Waals surface area contributed by atoms with E-state index >= 15 is 0 Å². The van der Waals surface area contributed by atoms with Gasteiger partial charge in [-0.05, 0) is 33.6 Å². The maximum Gasteiger partial charge on any atom is 0.234 e. The molecule has 1 saturated carbocycles. The van der Waals surface area contributed by atoms with Crippen LogP contribution >= 0.6 is 0 Å². The van der Waals surface area contributed by atoms with Gasteiger partial charge in [0.05, 0.1) is 12.0 Å². The molecular formula is C11H18N2O. The summed E-state index contributed by atoms with van der Waals surface area (Å²) in [4.78, 5) is 18.5. The van der Waals surface area contributed by atoms with Gasteiger partial charge in [0.15, 0.2) is 0 Å². The third-order valence-corrected chi connectivity index (χ3v) is 3.14. The van der Waals surface area contributed by atoms with Crippen molar-refractivity contribution in [2.45, 2.75) is 39.7 Å². The van der Waals surface area contributed by atoms with Crippen molar-refractivity contribution < 1.29 is 4.79 Å². The topological polar surface area (TPSA) is 32.7 Å². The van der Waals surface area contributed by atoms with Gasteiger partial charge in [-0.1, -0.05) is 0 Å². The van der Waals surface area contributed by atoms with Crippen LogP contribution in [0.1, 0.15) is 33.6 Å². The zero-order chi connectivity index (χ0) is 10.3. The standard InChI is InChI=1S/C11H18N2O/c1-4-13-7-9(12-8(2)3)11(5-6-11)10(13)14/h8H,4-7H2,1-3H3. The SMILES string of the molecule is CCN1CC(=NC(C)C)C2(CC2)C1=O. The van der Waals surface area contributed by atoms with Crippen molar-refractivity contribution in [1.82, 2.24) is 4.90 Å². The van der Waals surface area contributed by atoms with Crippen LogP contribution in [-0.4, -0.2) is 35.7 Å². The van der Waals surface area contributed by atoms with E-state index in [0.29, 0.717) is 11.9 Å². The lowest BCUT2D eigenvalue weighted by atomic mass is 10.0. The Morgan fingerprint density at radius 1 is 1.50 bits per heavy atom. The Morgan fingerprint density at radius 3 is 2.57 bits per heavy atom. The van der Waals surface area contributed by atoms with Crippen LogP contribution in [0.5, 0.6) is 0 Å². The average Bonchev–Trinajstić information content (AvgIpc) is 2.86. The largest absolute Gasteiger partial charge is 0.337 e. The molecular weight excluding hydrogens is 176 g/mol. The Balaban J connectivity index is 2.25. The molecule has 14 heavy (non-hydrogen) atoms. The van der Waals surface area contributed by atoms with E-state index in [0.717, 1.165) is 31.6 Å². The Hall–Kier alpha value is -0.860. The number of carbonyl (C=O) groups excluding carboxylic acids is 1. The lowest BCUT2D eigenvalue weighted by Gasteiger charge is -2.11. The number of likely N-dealkylation sites (tertiary alicyclic amines) is 1. The van der Waals surface area contributed by atoms with Crippen LogP contribution < -0.4 is 0 Å². The first kappa shape index (κ1) is 9.69. The summed E-state index contributed by atoms with van der Waals surface area (Å²) in [7, 11) is 0. The van der Waals surface area contributed by atoms with Crippen molar-refractivity contribution >= 4 is 11.6 Å². The van der Waals surface area contributed by atoms with Crippen molar-refractivity contribution in [3.05, 3.63) is 0 Å². The van der Waals surface area contributed by atoms with E-state index in [2.05, 4.69) is 18.8 Å². The van der Waals surface area contributed by atoms with Gasteiger partial charge in [-0.15, -0.1) is 0 Å². The van der Waals surface area contributed by atoms with Crippen LogP contribution in [0.25, 0.3) is 0 Å². The summed E-state index contributed by atoms with van der Waals surface area (Å²) >= 11 is 0. The van der Waals surface area contributed by atoms with Crippen LogP contribution in [0.3, 0.4) is 0 Å². The van der Waals surface area contributed by atoms with Crippen molar-refractivity contribution in [2.24, 2.45) is 10.4 Å². The fourth-order valence-electron chi connectivity index (χ4n) is 2.19. The molecule has 1 aliphatic carbocycles. The number of rotatable bonds is 2. The molecule has 1 spiro atoms. The van der Waals surface area contributed by atoms with E-state index in [4.69, 9.17) is 0 Å². The number of nitrogens with zero attached hydrogens (tertiary/aromatic N) is 2. The predicted molar refractivity (Wildman–Crippen MR) is 56.5 cm³/mol. The Bertz CT molecular complexity index is 290. The van der Waals surface area contributed by atoms with Crippen LogP contribution in [-0.2, 0) is 4.79 Å². The van der Waals surface area contributed by atoms with Gasteiger partial charge in [0.1, 0.15) is 0 Å². The molecule has 0 atom stereocenters. The molecule has 1 amide bonds. The fourth-order valence-corrected chi connectivity index (χ4v) is 2.19. The summed E-state index contributed by atoms with van der Waals surface area (Å²) in [6.45, 7) is 7.77. The van der Waals surface area contributed by atoms with Gasteiger partial charge in [-0.25, -0.2) is 0 Å². The molecule has 2 rings (SSSR count). The average molecular weight is 194 g/mol. The highest BCUT2D eigenvalue weighted by Gasteiger charge is 2.59. The molecule has 0 bridgehead atoms. The summed E-state index contributed by atoms with van der Waals surface area (Å²) in [5.74, 6) is 0.319. The lowest BCUT2D eigenvalue weighted by molar-refractivity contribution is -0.131. The highest BCUT2D eigenvalue weighted by atomic mass is 16.2. The van der Waals surface area contributed by atoms with E-state index in [1.165, 1.54) is 0 Å². The maximum atomic E-state index is 12.0. The minimum Gasteiger partial charge on any atom is -0.337 e. The Morgan fingerprint density at radius 2 is 2.14 bits per heavy atom. The molecule has 1 heterocycles. The summed E-state index contributed by atoms with van der Waals surface area (Å²) in [5, 5.41) is 0. The minimum absolute atomic E-state index is 0.139. The van der Waals surface area contributed by atoms with Gasteiger partial charge < -0.3 is 4.90 Å². The zero-order valence-corrected chi connectivity index (χ0v) is 9.21. The molecule has 3 nitrogen and oxygen atoms in total. The van der Waals surface area contributed by atoms with Crippen molar-refractivity contribution in [2.75, 3.05) is 13.1 Å². The van der Waals surface area contributed by atoms with Crippen LogP contribution in [0.15, 0.2) is 4.99 Å². The van der Waals surface area contributed by atoms with Gasteiger partial charge in [-0.2, -0.15) is 0 Å². The molecule has 0 radical (unpaired) electrons. The third kappa shape index (κ3) is 1.26. The van der Waals surface area contributed by atoms with E-state index in [1.807, 2.05) is 11.8 Å². The van der Waals surface area contributed by atoms with Crippen LogP contribution in [0.4, 0.5) is 0 Å². The third-order valence-electron chi connectivity index (χ3n) is 3.14. The van der Waals surface area contributed by atoms with Crippen LogP contribution in [0, 0.1) is 5.41 Å². The van der Waals surface area contributed by atoms with E-state index in [-0.39, 0.29) is 5.41 Å². The van der Waals surface area contributed by atoms with Gasteiger partial charge in [0.2, 0.25) is 5.91 Å². The second-order valence-corrected chi connectivity index (χ2v) is 4.57. The van der Waals surface area contributed by atoms with Gasteiger partial charge in [0.25, 0.3) is 0 Å². The maximum absolute atomic E-state index is 12.0. The molecule has 2 aliphatic rings. The normalized spacial score (nSPS) is 27.0. The number of carbonyl (C=O) groups is 1. The van der Waals surface area contributed by atoms with Gasteiger partial charge in [-0.3, -0.25) is 9.79 Å². The monoisotopic (exact) mass is 194 g/mol. The summed E-state index contributed by atoms with van der Waals surface area (Å²) < 4.78 is 0. The second-order valence-electron chi connectivity index (χ2n) is 4.57. The minimum atomic E-state index is -0.139. The van der Waals surface area contributed by atoms with E-state index in [9.17, 15) is 4.79 Å².